The van der Waals surface area contributed by atoms with Crippen LogP contribution in [0.2, 0.25) is 0 Å². The summed E-state index contributed by atoms with van der Waals surface area (Å²) in [5.41, 5.74) is -2.41. The quantitative estimate of drug-likeness (QED) is 0.885. The number of aromatic carboxylic acids is 1. The number of aromatic nitrogens is 2. The molecular weight excluding hydrogens is 277 g/mol. The summed E-state index contributed by atoms with van der Waals surface area (Å²) < 4.78 is 38.3. The third-order valence-electron chi connectivity index (χ3n) is 2.39. The van der Waals surface area contributed by atoms with Crippen molar-refractivity contribution in [1.29, 1.82) is 0 Å². The van der Waals surface area contributed by atoms with Crippen molar-refractivity contribution in [3.8, 4) is 17.1 Å². The second kappa shape index (κ2) is 4.80. The molecule has 0 aliphatic heterocycles. The summed E-state index contributed by atoms with van der Waals surface area (Å²) in [6, 6.07) is 5.32. The van der Waals surface area contributed by atoms with E-state index in [-0.39, 0.29) is 17.1 Å². The number of nitrogens with zero attached hydrogens (tertiary/aromatic N) is 2. The molecule has 0 saturated heterocycles. The normalized spacial score (nSPS) is 11.3. The van der Waals surface area contributed by atoms with Crippen LogP contribution in [0.25, 0.3) is 11.4 Å². The lowest BCUT2D eigenvalue weighted by Crippen LogP contribution is -2.16. The Bertz CT molecular complexity index is 671. The highest BCUT2D eigenvalue weighted by molar-refractivity contribution is 5.89. The lowest BCUT2D eigenvalue weighted by atomic mass is 10.1. The molecule has 0 spiro atoms. The van der Waals surface area contributed by atoms with Gasteiger partial charge in [-0.3, -0.25) is 0 Å². The summed E-state index contributed by atoms with van der Waals surface area (Å²) in [6.45, 7) is 0. The molecule has 1 heterocycles. The van der Waals surface area contributed by atoms with Crippen molar-refractivity contribution in [3.05, 3.63) is 41.7 Å². The van der Waals surface area contributed by atoms with Crippen LogP contribution in [0.1, 0.15) is 16.1 Å². The number of phenols is 1. The van der Waals surface area contributed by atoms with E-state index in [2.05, 4.69) is 9.97 Å². The molecule has 0 aliphatic rings. The summed E-state index contributed by atoms with van der Waals surface area (Å²) in [5.74, 6) is -2.25. The molecule has 1 aromatic carbocycles. The first kappa shape index (κ1) is 13.8. The van der Waals surface area contributed by atoms with Crippen molar-refractivity contribution < 1.29 is 28.2 Å². The first-order valence-corrected chi connectivity index (χ1v) is 5.26. The maximum Gasteiger partial charge on any atom is 0.434 e. The molecular formula is C12H7F3N2O3. The lowest BCUT2D eigenvalue weighted by molar-refractivity contribution is -0.141. The molecule has 8 heteroatoms. The Morgan fingerprint density at radius 1 is 1.25 bits per heavy atom. The van der Waals surface area contributed by atoms with Crippen molar-refractivity contribution in [2.75, 3.05) is 0 Å². The van der Waals surface area contributed by atoms with Gasteiger partial charge in [0, 0.05) is 11.8 Å². The minimum absolute atomic E-state index is 0.146. The molecule has 2 aromatic rings. The van der Waals surface area contributed by atoms with E-state index in [0.717, 1.165) is 0 Å². The van der Waals surface area contributed by atoms with Crippen LogP contribution >= 0.6 is 0 Å². The van der Waals surface area contributed by atoms with Crippen molar-refractivity contribution in [2.45, 2.75) is 6.18 Å². The molecule has 5 nitrogen and oxygen atoms in total. The van der Waals surface area contributed by atoms with Gasteiger partial charge in [-0.25, -0.2) is 14.8 Å². The number of hydrogen-bond acceptors (Lipinski definition) is 4. The van der Waals surface area contributed by atoms with Crippen molar-refractivity contribution in [3.63, 3.8) is 0 Å². The van der Waals surface area contributed by atoms with Crippen LogP contribution in [0, 0.1) is 0 Å². The highest BCUT2D eigenvalue weighted by Crippen LogP contribution is 2.32. The average Bonchev–Trinajstić information content (AvgIpc) is 2.37. The number of carboxylic acids is 1. The first-order valence-electron chi connectivity index (χ1n) is 5.26. The first-order chi connectivity index (χ1) is 9.29. The Labute approximate surface area is 110 Å². The van der Waals surface area contributed by atoms with Crippen molar-refractivity contribution >= 4 is 5.97 Å². The minimum Gasteiger partial charge on any atom is -0.508 e. The predicted molar refractivity (Wildman–Crippen MR) is 61.1 cm³/mol. The second-order valence-corrected chi connectivity index (χ2v) is 3.81. The Morgan fingerprint density at radius 3 is 2.50 bits per heavy atom. The Hall–Kier alpha value is -2.64. The molecule has 0 unspecified atom stereocenters. The molecule has 0 atom stereocenters. The standard InChI is InChI=1S/C12H7F3N2O3/c13-12(14,15)9-8(11(19)20)5-16-10(17-9)6-2-1-3-7(18)4-6/h1-5,18H,(H,19,20). The van der Waals surface area contributed by atoms with Crippen LogP contribution in [-0.4, -0.2) is 26.2 Å². The van der Waals surface area contributed by atoms with Gasteiger partial charge in [0.1, 0.15) is 11.3 Å². The summed E-state index contributed by atoms with van der Waals surface area (Å²) >= 11 is 0. The lowest BCUT2D eigenvalue weighted by Gasteiger charge is -2.10. The summed E-state index contributed by atoms with van der Waals surface area (Å²) in [7, 11) is 0. The topological polar surface area (TPSA) is 83.3 Å². The summed E-state index contributed by atoms with van der Waals surface area (Å²) in [5, 5.41) is 18.0. The molecule has 0 aliphatic carbocycles. The van der Waals surface area contributed by atoms with Gasteiger partial charge in [-0.15, -0.1) is 0 Å². The Morgan fingerprint density at radius 2 is 1.95 bits per heavy atom. The zero-order valence-electron chi connectivity index (χ0n) is 9.72. The number of hydrogen-bond donors (Lipinski definition) is 2. The molecule has 0 fully saturated rings. The Balaban J connectivity index is 2.61. The van der Waals surface area contributed by atoms with Crippen LogP contribution in [0.5, 0.6) is 5.75 Å². The fraction of sp³-hybridized carbons (Fsp3) is 0.0833. The van der Waals surface area contributed by atoms with E-state index in [1.807, 2.05) is 0 Å². The maximum atomic E-state index is 12.8. The zero-order chi connectivity index (χ0) is 14.9. The molecule has 2 N–H and O–H groups in total. The van der Waals surface area contributed by atoms with Gasteiger partial charge in [0.25, 0.3) is 0 Å². The number of rotatable bonds is 2. The number of alkyl halides is 3. The monoisotopic (exact) mass is 284 g/mol. The molecule has 1 aromatic heterocycles. The van der Waals surface area contributed by atoms with Gasteiger partial charge >= 0.3 is 12.1 Å². The van der Waals surface area contributed by atoms with Gasteiger partial charge in [0.15, 0.2) is 11.5 Å². The van der Waals surface area contributed by atoms with E-state index < -0.39 is 23.4 Å². The number of aromatic hydroxyl groups is 1. The Kier molecular flexibility index (Phi) is 3.31. The van der Waals surface area contributed by atoms with Crippen LogP contribution in [-0.2, 0) is 6.18 Å². The smallest absolute Gasteiger partial charge is 0.434 e. The SMILES string of the molecule is O=C(O)c1cnc(-c2cccc(O)c2)nc1C(F)(F)F. The van der Waals surface area contributed by atoms with E-state index in [0.29, 0.717) is 6.20 Å². The van der Waals surface area contributed by atoms with Crippen LogP contribution in [0.4, 0.5) is 13.2 Å². The third-order valence-corrected chi connectivity index (χ3v) is 2.39. The van der Waals surface area contributed by atoms with Crippen LogP contribution in [0.3, 0.4) is 0 Å². The molecule has 0 radical (unpaired) electrons. The number of halogens is 3. The molecule has 0 amide bonds. The minimum atomic E-state index is -4.91. The molecule has 2 rings (SSSR count). The van der Waals surface area contributed by atoms with Crippen LogP contribution in [0.15, 0.2) is 30.5 Å². The number of carbonyl (C=O) groups is 1. The summed E-state index contributed by atoms with van der Waals surface area (Å²) in [6.07, 6.45) is -4.32. The van der Waals surface area contributed by atoms with Crippen LogP contribution < -0.4 is 0 Å². The fourth-order valence-corrected chi connectivity index (χ4v) is 1.54. The number of benzene rings is 1. The third kappa shape index (κ3) is 2.68. The second-order valence-electron chi connectivity index (χ2n) is 3.81. The van der Waals surface area contributed by atoms with Gasteiger partial charge in [-0.1, -0.05) is 12.1 Å². The van der Waals surface area contributed by atoms with Gasteiger partial charge in [0.2, 0.25) is 0 Å². The zero-order valence-corrected chi connectivity index (χ0v) is 9.72. The largest absolute Gasteiger partial charge is 0.508 e. The average molecular weight is 284 g/mol. The highest BCUT2D eigenvalue weighted by Gasteiger charge is 2.38. The number of carboxylic acid groups (broad SMARTS) is 1. The van der Waals surface area contributed by atoms with Crippen molar-refractivity contribution in [1.82, 2.24) is 9.97 Å². The maximum absolute atomic E-state index is 12.8. The predicted octanol–water partition coefficient (Wildman–Crippen LogP) is 2.57. The summed E-state index contributed by atoms with van der Waals surface area (Å²) in [4.78, 5) is 17.6. The van der Waals surface area contributed by atoms with E-state index in [1.165, 1.54) is 24.3 Å². The number of phenolic OH excluding ortho intramolecular Hbond substituents is 1. The van der Waals surface area contributed by atoms with E-state index in [9.17, 15) is 23.1 Å². The van der Waals surface area contributed by atoms with Gasteiger partial charge in [0.05, 0.1) is 0 Å². The highest BCUT2D eigenvalue weighted by atomic mass is 19.4. The molecule has 104 valence electrons. The molecule has 0 saturated carbocycles. The van der Waals surface area contributed by atoms with Gasteiger partial charge < -0.3 is 10.2 Å². The van der Waals surface area contributed by atoms with Crippen molar-refractivity contribution in [2.24, 2.45) is 0 Å². The molecule has 0 bridgehead atoms. The van der Waals surface area contributed by atoms with Gasteiger partial charge in [-0.2, -0.15) is 13.2 Å². The van der Waals surface area contributed by atoms with E-state index in [1.54, 1.807) is 0 Å². The van der Waals surface area contributed by atoms with E-state index >= 15 is 0 Å². The fourth-order valence-electron chi connectivity index (χ4n) is 1.54. The molecule has 20 heavy (non-hydrogen) atoms. The van der Waals surface area contributed by atoms with E-state index in [4.69, 9.17) is 5.11 Å². The van der Waals surface area contributed by atoms with Gasteiger partial charge in [-0.05, 0) is 12.1 Å².